The van der Waals surface area contributed by atoms with Crippen molar-refractivity contribution in [3.63, 3.8) is 0 Å². The van der Waals surface area contributed by atoms with Crippen LogP contribution in [0.1, 0.15) is 12.5 Å². The molecule has 0 radical (unpaired) electrons. The lowest BCUT2D eigenvalue weighted by Crippen LogP contribution is -2.34. The third-order valence-electron chi connectivity index (χ3n) is 4.24. The van der Waals surface area contributed by atoms with Gasteiger partial charge in [-0.1, -0.05) is 29.3 Å². The van der Waals surface area contributed by atoms with Gasteiger partial charge < -0.3 is 14.7 Å². The van der Waals surface area contributed by atoms with Crippen LogP contribution in [0.15, 0.2) is 42.5 Å². The lowest BCUT2D eigenvalue weighted by molar-refractivity contribution is 0.0767. The summed E-state index contributed by atoms with van der Waals surface area (Å²) < 4.78 is 31.2. The summed E-state index contributed by atoms with van der Waals surface area (Å²) in [6.07, 6.45) is 0.128. The van der Waals surface area contributed by atoms with Gasteiger partial charge in [0.25, 0.3) is 0 Å². The predicted molar refractivity (Wildman–Crippen MR) is 119 cm³/mol. The maximum Gasteiger partial charge on any atom is 0.232 e. The Morgan fingerprint density at radius 1 is 1.14 bits per heavy atom. The number of ether oxygens (including phenoxy) is 1. The lowest BCUT2D eigenvalue weighted by atomic mass is 10.1. The molecule has 2 aromatic carbocycles. The maximum atomic E-state index is 11.6. The number of halogens is 2. The number of hydrogen-bond donors (Lipinski definition) is 2. The Morgan fingerprint density at radius 3 is 2.45 bits per heavy atom. The summed E-state index contributed by atoms with van der Waals surface area (Å²) >= 11 is 11.9. The second-order valence-electron chi connectivity index (χ2n) is 6.76. The fourth-order valence-corrected chi connectivity index (χ4v) is 3.54. The third-order valence-corrected chi connectivity index (χ3v) is 6.28. The van der Waals surface area contributed by atoms with Gasteiger partial charge in [-0.05, 0) is 62.4 Å². The molecule has 160 valence electrons. The number of nitrogens with one attached hydrogen (secondary N) is 1. The largest absolute Gasteiger partial charge is 0.491 e. The van der Waals surface area contributed by atoms with E-state index in [1.165, 1.54) is 0 Å². The minimum atomic E-state index is -3.31. The molecule has 9 heteroatoms. The molecule has 0 heterocycles. The molecule has 0 aliphatic heterocycles. The number of benzene rings is 2. The van der Waals surface area contributed by atoms with E-state index < -0.39 is 16.1 Å². The van der Waals surface area contributed by atoms with E-state index in [1.807, 2.05) is 24.1 Å². The van der Waals surface area contributed by atoms with Gasteiger partial charge in [0.2, 0.25) is 10.0 Å². The van der Waals surface area contributed by atoms with Crippen LogP contribution in [0.4, 0.5) is 5.69 Å². The molecule has 0 saturated heterocycles. The van der Waals surface area contributed by atoms with Crippen LogP contribution in [0.3, 0.4) is 0 Å². The molecule has 2 N–H and O–H groups in total. The van der Waals surface area contributed by atoms with Crippen molar-refractivity contribution >= 4 is 38.9 Å². The van der Waals surface area contributed by atoms with E-state index >= 15 is 0 Å². The zero-order valence-electron chi connectivity index (χ0n) is 16.4. The van der Waals surface area contributed by atoms with Crippen molar-refractivity contribution in [2.24, 2.45) is 0 Å². The molecular formula is C20H26Cl2N2O4S. The van der Waals surface area contributed by atoms with Gasteiger partial charge in [-0.3, -0.25) is 4.72 Å². The van der Waals surface area contributed by atoms with Crippen molar-refractivity contribution in [3.05, 3.63) is 58.1 Å². The fraction of sp³-hybridized carbons (Fsp3) is 0.400. The Morgan fingerprint density at radius 2 is 1.83 bits per heavy atom. The first-order chi connectivity index (χ1) is 13.7. The van der Waals surface area contributed by atoms with Crippen molar-refractivity contribution in [2.75, 3.05) is 37.2 Å². The summed E-state index contributed by atoms with van der Waals surface area (Å²) in [6.45, 7) is 2.91. The van der Waals surface area contributed by atoms with Crippen LogP contribution in [0.25, 0.3) is 0 Å². The molecule has 0 aromatic heterocycles. The van der Waals surface area contributed by atoms with Crippen LogP contribution in [-0.2, 0) is 16.4 Å². The van der Waals surface area contributed by atoms with Gasteiger partial charge in [0.1, 0.15) is 18.5 Å². The highest BCUT2D eigenvalue weighted by atomic mass is 35.5. The molecule has 0 amide bonds. The normalized spacial score (nSPS) is 12.8. The molecular weight excluding hydrogens is 435 g/mol. The molecule has 0 bridgehead atoms. The van der Waals surface area contributed by atoms with Crippen LogP contribution in [0, 0.1) is 0 Å². The Hall–Kier alpha value is -1.51. The number of aliphatic hydroxyl groups excluding tert-OH is 1. The first kappa shape index (κ1) is 23.8. The number of nitrogens with zero attached hydrogens (tertiary/aromatic N) is 1. The minimum Gasteiger partial charge on any atom is -0.491 e. The van der Waals surface area contributed by atoms with E-state index in [-0.39, 0.29) is 12.4 Å². The third kappa shape index (κ3) is 8.40. The van der Waals surface area contributed by atoms with E-state index in [4.69, 9.17) is 27.9 Å². The van der Waals surface area contributed by atoms with Gasteiger partial charge >= 0.3 is 0 Å². The Labute approximate surface area is 182 Å². The number of aliphatic hydroxyl groups is 1. The molecule has 1 unspecified atom stereocenters. The van der Waals surface area contributed by atoms with Crippen molar-refractivity contribution in [1.29, 1.82) is 0 Å². The monoisotopic (exact) mass is 460 g/mol. The van der Waals surface area contributed by atoms with Crippen LogP contribution >= 0.6 is 23.2 Å². The van der Waals surface area contributed by atoms with Crippen molar-refractivity contribution in [1.82, 2.24) is 4.90 Å². The average molecular weight is 461 g/mol. The fourth-order valence-electron chi connectivity index (χ4n) is 2.58. The summed E-state index contributed by atoms with van der Waals surface area (Å²) in [7, 11) is -1.38. The first-order valence-electron chi connectivity index (χ1n) is 9.22. The quantitative estimate of drug-likeness (QED) is 0.534. The summed E-state index contributed by atoms with van der Waals surface area (Å²) in [5, 5.41) is 11.3. The van der Waals surface area contributed by atoms with E-state index in [0.717, 1.165) is 18.5 Å². The average Bonchev–Trinajstić information content (AvgIpc) is 2.68. The zero-order chi connectivity index (χ0) is 21.4. The second kappa shape index (κ2) is 11.0. The molecule has 0 spiro atoms. The standard InChI is InChI=1S/C20H26Cl2N2O4S/c1-3-29(26,27)23-16-5-7-18(8-6-16)28-14-17(25)13-24(2)11-10-15-4-9-19(21)20(22)12-15/h4-9,12,17,23,25H,3,10-11,13-14H2,1-2H3. The van der Waals surface area contributed by atoms with Gasteiger partial charge in [-0.25, -0.2) is 8.42 Å². The van der Waals surface area contributed by atoms with Crippen molar-refractivity contribution in [3.8, 4) is 5.75 Å². The van der Waals surface area contributed by atoms with Gasteiger partial charge in [0, 0.05) is 18.8 Å². The predicted octanol–water partition coefficient (Wildman–Crippen LogP) is 3.67. The zero-order valence-corrected chi connectivity index (χ0v) is 18.8. The number of likely N-dealkylation sites (N-methyl/N-ethyl adjacent to an activating group) is 1. The van der Waals surface area contributed by atoms with E-state index in [2.05, 4.69) is 4.72 Å². The molecule has 29 heavy (non-hydrogen) atoms. The van der Waals surface area contributed by atoms with E-state index in [0.29, 0.717) is 28.0 Å². The van der Waals surface area contributed by atoms with Crippen molar-refractivity contribution in [2.45, 2.75) is 19.4 Å². The Balaban J connectivity index is 1.74. The Bertz CT molecular complexity index is 892. The van der Waals surface area contributed by atoms with E-state index in [1.54, 1.807) is 37.3 Å². The van der Waals surface area contributed by atoms with Crippen molar-refractivity contribution < 1.29 is 18.3 Å². The highest BCUT2D eigenvalue weighted by Gasteiger charge is 2.11. The SMILES string of the molecule is CCS(=O)(=O)Nc1ccc(OCC(O)CN(C)CCc2ccc(Cl)c(Cl)c2)cc1. The lowest BCUT2D eigenvalue weighted by Gasteiger charge is -2.21. The molecule has 0 saturated carbocycles. The summed E-state index contributed by atoms with van der Waals surface area (Å²) in [6, 6.07) is 12.1. The van der Waals surface area contributed by atoms with Crippen LogP contribution in [-0.4, -0.2) is 57.0 Å². The van der Waals surface area contributed by atoms with Gasteiger partial charge in [-0.15, -0.1) is 0 Å². The summed E-state index contributed by atoms with van der Waals surface area (Å²) in [5.41, 5.74) is 1.55. The number of sulfonamides is 1. The molecule has 6 nitrogen and oxygen atoms in total. The molecule has 2 aromatic rings. The molecule has 2 rings (SSSR count). The highest BCUT2D eigenvalue weighted by molar-refractivity contribution is 7.92. The molecule has 1 atom stereocenters. The van der Waals surface area contributed by atoms with Crippen LogP contribution < -0.4 is 9.46 Å². The Kier molecular flexibility index (Phi) is 9.04. The highest BCUT2D eigenvalue weighted by Crippen LogP contribution is 2.23. The number of hydrogen-bond acceptors (Lipinski definition) is 5. The van der Waals surface area contributed by atoms with Crippen LogP contribution in [0.2, 0.25) is 10.0 Å². The number of rotatable bonds is 11. The van der Waals surface area contributed by atoms with E-state index in [9.17, 15) is 13.5 Å². The smallest absolute Gasteiger partial charge is 0.232 e. The minimum absolute atomic E-state index is 0.00994. The number of anilines is 1. The van der Waals surface area contributed by atoms with Gasteiger partial charge in [-0.2, -0.15) is 0 Å². The summed E-state index contributed by atoms with van der Waals surface area (Å²) in [4.78, 5) is 2.01. The molecule has 0 fully saturated rings. The first-order valence-corrected chi connectivity index (χ1v) is 11.6. The second-order valence-corrected chi connectivity index (χ2v) is 9.58. The molecule has 0 aliphatic rings. The summed E-state index contributed by atoms with van der Waals surface area (Å²) in [5.74, 6) is 0.567. The molecule has 0 aliphatic carbocycles. The van der Waals surface area contributed by atoms with Crippen LogP contribution in [0.5, 0.6) is 5.75 Å². The maximum absolute atomic E-state index is 11.6. The van der Waals surface area contributed by atoms with Gasteiger partial charge in [0.05, 0.1) is 15.8 Å². The van der Waals surface area contributed by atoms with Gasteiger partial charge in [0.15, 0.2) is 0 Å². The topological polar surface area (TPSA) is 78.9 Å².